The second-order valence-electron chi connectivity index (χ2n) is 14.3. The number of rotatable bonds is 6. The van der Waals surface area contributed by atoms with Crippen LogP contribution >= 0.6 is 11.3 Å². The predicted molar refractivity (Wildman–Crippen MR) is 240 cm³/mol. The highest BCUT2D eigenvalue weighted by molar-refractivity contribution is 7.25. The molecule has 0 radical (unpaired) electrons. The first-order valence-corrected chi connectivity index (χ1v) is 20.0. The Hall–Kier alpha value is -7.27. The van der Waals surface area contributed by atoms with Crippen molar-refractivity contribution in [2.45, 2.75) is 0 Å². The highest BCUT2D eigenvalue weighted by Crippen LogP contribution is 2.43. The van der Waals surface area contributed by atoms with E-state index in [0.717, 1.165) is 38.6 Å². The first kappa shape index (κ1) is 33.1. The zero-order valence-corrected chi connectivity index (χ0v) is 31.6. The molecular weight excluding hydrogens is 711 g/mol. The van der Waals surface area contributed by atoms with Crippen LogP contribution in [0, 0.1) is 0 Å². The van der Waals surface area contributed by atoms with Gasteiger partial charge >= 0.3 is 0 Å². The summed E-state index contributed by atoms with van der Waals surface area (Å²) < 4.78 is 2.54. The molecule has 2 aromatic heterocycles. The number of hydrogen-bond donors (Lipinski definition) is 0. The van der Waals surface area contributed by atoms with E-state index in [2.05, 4.69) is 200 Å². The van der Waals surface area contributed by atoms with Gasteiger partial charge < -0.3 is 0 Å². The Balaban J connectivity index is 1.13. The van der Waals surface area contributed by atoms with Crippen LogP contribution in [0.2, 0.25) is 0 Å². The molecule has 0 spiro atoms. The summed E-state index contributed by atoms with van der Waals surface area (Å²) in [6.45, 7) is 0. The summed E-state index contributed by atoms with van der Waals surface area (Å²) in [6, 6.07) is 71.1. The van der Waals surface area contributed by atoms with Gasteiger partial charge in [-0.2, -0.15) is 0 Å². The Morgan fingerprint density at radius 3 is 1.68 bits per heavy atom. The van der Waals surface area contributed by atoms with Crippen LogP contribution in [-0.2, 0) is 0 Å². The zero-order chi connectivity index (χ0) is 37.7. The zero-order valence-electron chi connectivity index (χ0n) is 30.8. The van der Waals surface area contributed by atoms with Gasteiger partial charge in [0.05, 0.1) is 0 Å². The van der Waals surface area contributed by atoms with Crippen LogP contribution in [0.15, 0.2) is 200 Å². The quantitative estimate of drug-likeness (QED) is 0.170. The van der Waals surface area contributed by atoms with Gasteiger partial charge in [-0.3, -0.25) is 0 Å². The van der Waals surface area contributed by atoms with E-state index in [1.807, 2.05) is 11.3 Å². The highest BCUT2D eigenvalue weighted by atomic mass is 32.1. The second kappa shape index (κ2) is 13.8. The topological polar surface area (TPSA) is 38.7 Å². The Labute approximate surface area is 334 Å². The molecule has 0 fully saturated rings. The number of benzene rings is 9. The number of fused-ring (bicyclic) bond motifs is 5. The SMILES string of the molecule is c1ccc(-c2cc(-c3cccc(-c4nc(-c5ccccc5-c5cccc6sc7ccccc7c56)nc(-c5cccc6ccccc56)n4)c3)c3ccccc3c2)cc1. The summed E-state index contributed by atoms with van der Waals surface area (Å²) in [5.41, 5.74) is 9.75. The normalized spacial score (nSPS) is 11.5. The number of aromatic nitrogens is 3. The molecule has 0 saturated carbocycles. The molecule has 0 aliphatic heterocycles. The first-order chi connectivity index (χ1) is 28.2. The van der Waals surface area contributed by atoms with E-state index in [4.69, 9.17) is 15.0 Å². The molecule has 3 nitrogen and oxygen atoms in total. The van der Waals surface area contributed by atoms with Gasteiger partial charge in [0.1, 0.15) is 0 Å². The third-order valence-corrected chi connectivity index (χ3v) is 12.1. The van der Waals surface area contributed by atoms with Gasteiger partial charge in [-0.25, -0.2) is 15.0 Å². The molecule has 0 amide bonds. The maximum Gasteiger partial charge on any atom is 0.164 e. The monoisotopic (exact) mass is 743 g/mol. The Kier molecular flexibility index (Phi) is 8.01. The van der Waals surface area contributed by atoms with Crippen molar-refractivity contribution in [3.8, 4) is 67.5 Å². The van der Waals surface area contributed by atoms with Gasteiger partial charge in [0.15, 0.2) is 17.5 Å². The van der Waals surface area contributed by atoms with Crippen molar-refractivity contribution >= 4 is 53.1 Å². The molecule has 9 aromatic carbocycles. The van der Waals surface area contributed by atoms with Crippen molar-refractivity contribution < 1.29 is 0 Å². The highest BCUT2D eigenvalue weighted by Gasteiger charge is 2.20. The van der Waals surface area contributed by atoms with E-state index >= 15 is 0 Å². The molecule has 0 unspecified atom stereocenters. The van der Waals surface area contributed by atoms with Crippen LogP contribution in [0.3, 0.4) is 0 Å². The van der Waals surface area contributed by atoms with E-state index in [0.29, 0.717) is 17.5 Å². The van der Waals surface area contributed by atoms with Crippen molar-refractivity contribution in [2.75, 3.05) is 0 Å². The predicted octanol–water partition coefficient (Wildman–Crippen LogP) is 14.5. The number of hydrogen-bond acceptors (Lipinski definition) is 4. The van der Waals surface area contributed by atoms with Crippen molar-refractivity contribution in [1.29, 1.82) is 0 Å². The fourth-order valence-corrected chi connectivity index (χ4v) is 9.38. The summed E-state index contributed by atoms with van der Waals surface area (Å²) in [5, 5.41) is 7.16. The van der Waals surface area contributed by atoms with Gasteiger partial charge in [-0.05, 0) is 85.3 Å². The van der Waals surface area contributed by atoms with Crippen molar-refractivity contribution in [2.24, 2.45) is 0 Å². The van der Waals surface area contributed by atoms with Crippen LogP contribution in [0.5, 0.6) is 0 Å². The van der Waals surface area contributed by atoms with Gasteiger partial charge in [0.2, 0.25) is 0 Å². The Morgan fingerprint density at radius 1 is 0.281 bits per heavy atom. The third kappa shape index (κ3) is 5.86. The molecular formula is C53H33N3S. The summed E-state index contributed by atoms with van der Waals surface area (Å²) in [6.07, 6.45) is 0. The molecule has 4 heteroatoms. The molecule has 0 N–H and O–H groups in total. The smallest absolute Gasteiger partial charge is 0.164 e. The maximum atomic E-state index is 5.34. The van der Waals surface area contributed by atoms with E-state index in [1.54, 1.807) is 0 Å². The summed E-state index contributed by atoms with van der Waals surface area (Å²) in [5.74, 6) is 1.90. The van der Waals surface area contributed by atoms with Gasteiger partial charge in [-0.1, -0.05) is 170 Å². The molecule has 0 aliphatic rings. The minimum atomic E-state index is 0.627. The van der Waals surface area contributed by atoms with Crippen molar-refractivity contribution in [3.05, 3.63) is 200 Å². The summed E-state index contributed by atoms with van der Waals surface area (Å²) in [7, 11) is 0. The lowest BCUT2D eigenvalue weighted by molar-refractivity contribution is 1.08. The molecule has 266 valence electrons. The van der Waals surface area contributed by atoms with E-state index in [-0.39, 0.29) is 0 Å². The molecule has 0 aliphatic carbocycles. The molecule has 11 aromatic rings. The van der Waals surface area contributed by atoms with E-state index < -0.39 is 0 Å². The summed E-state index contributed by atoms with van der Waals surface area (Å²) >= 11 is 1.83. The van der Waals surface area contributed by atoms with E-state index in [9.17, 15) is 0 Å². The lowest BCUT2D eigenvalue weighted by Crippen LogP contribution is -2.01. The van der Waals surface area contributed by atoms with E-state index in [1.165, 1.54) is 53.2 Å². The van der Waals surface area contributed by atoms with Crippen molar-refractivity contribution in [1.82, 2.24) is 15.0 Å². The van der Waals surface area contributed by atoms with Crippen molar-refractivity contribution in [3.63, 3.8) is 0 Å². The summed E-state index contributed by atoms with van der Waals surface area (Å²) in [4.78, 5) is 15.9. The van der Waals surface area contributed by atoms with Crippen LogP contribution < -0.4 is 0 Å². The average molecular weight is 744 g/mol. The second-order valence-corrected chi connectivity index (χ2v) is 15.4. The Bertz CT molecular complexity index is 3310. The Morgan fingerprint density at radius 2 is 0.825 bits per heavy atom. The van der Waals surface area contributed by atoms with Crippen LogP contribution in [0.1, 0.15) is 0 Å². The molecule has 0 saturated heterocycles. The van der Waals surface area contributed by atoms with Crippen LogP contribution in [0.25, 0.3) is 109 Å². The molecule has 0 bridgehead atoms. The van der Waals surface area contributed by atoms with Gasteiger partial charge in [0.25, 0.3) is 0 Å². The minimum Gasteiger partial charge on any atom is -0.208 e. The van der Waals surface area contributed by atoms with Crippen LogP contribution in [0.4, 0.5) is 0 Å². The lowest BCUT2D eigenvalue weighted by Gasteiger charge is -2.15. The molecule has 2 heterocycles. The number of thiophene rings is 1. The maximum absolute atomic E-state index is 5.34. The number of nitrogens with zero attached hydrogens (tertiary/aromatic N) is 3. The fourth-order valence-electron chi connectivity index (χ4n) is 8.25. The van der Waals surface area contributed by atoms with Gasteiger partial charge in [0, 0.05) is 36.9 Å². The third-order valence-electron chi connectivity index (χ3n) is 10.9. The average Bonchev–Trinajstić information content (AvgIpc) is 3.68. The molecule has 0 atom stereocenters. The lowest BCUT2D eigenvalue weighted by atomic mass is 9.92. The fraction of sp³-hybridized carbons (Fsp3) is 0. The minimum absolute atomic E-state index is 0.627. The standard InChI is InChI=1S/C53H33N3S/c1-2-15-34(16-3-1)39-32-36-18-5-7-23-41(36)47(33-39)37-20-12-21-38(31-37)51-54-52(44-28-13-19-35-17-4-6-22-40(35)44)56-53(55-51)45-25-9-8-24-42(45)43-27-14-30-49-50(43)46-26-10-11-29-48(46)57-49/h1-33H. The van der Waals surface area contributed by atoms with Crippen LogP contribution in [-0.4, -0.2) is 15.0 Å². The molecule has 11 rings (SSSR count). The first-order valence-electron chi connectivity index (χ1n) is 19.2. The van der Waals surface area contributed by atoms with Gasteiger partial charge in [-0.15, -0.1) is 11.3 Å². The largest absolute Gasteiger partial charge is 0.208 e. The molecule has 57 heavy (non-hydrogen) atoms.